The molecule has 0 saturated heterocycles. The smallest absolute Gasteiger partial charge is 0.329 e. The summed E-state index contributed by atoms with van der Waals surface area (Å²) < 4.78 is 1.79. The van der Waals surface area contributed by atoms with Gasteiger partial charge >= 0.3 is 5.97 Å². The van der Waals surface area contributed by atoms with E-state index in [4.69, 9.17) is 0 Å². The van der Waals surface area contributed by atoms with Crippen LogP contribution in [0.1, 0.15) is 32.3 Å². The van der Waals surface area contributed by atoms with Gasteiger partial charge in [0.2, 0.25) is 5.91 Å². The van der Waals surface area contributed by atoms with E-state index in [1.165, 1.54) is 18.7 Å². The Bertz CT molecular complexity index is 745. The quantitative estimate of drug-likeness (QED) is 0.700. The van der Waals surface area contributed by atoms with Crippen LogP contribution in [-0.4, -0.2) is 43.0 Å². The number of hydrogen-bond acceptors (Lipinski definition) is 5. The minimum Gasteiger partial charge on any atom is -0.480 e. The molecule has 2 aromatic rings. The van der Waals surface area contributed by atoms with Crippen molar-refractivity contribution in [3.8, 4) is 5.69 Å². The lowest BCUT2D eigenvalue weighted by atomic mass is 9.96. The number of nitrogens with zero attached hydrogens (tertiary/aromatic N) is 3. The van der Waals surface area contributed by atoms with Crippen LogP contribution in [0.25, 0.3) is 5.69 Å². The lowest BCUT2D eigenvalue weighted by molar-refractivity contribution is -0.146. The van der Waals surface area contributed by atoms with Crippen molar-refractivity contribution >= 4 is 23.6 Å². The first-order valence-electron chi connectivity index (χ1n) is 8.00. The molecule has 1 aromatic heterocycles. The van der Waals surface area contributed by atoms with Gasteiger partial charge in [-0.2, -0.15) is 0 Å². The number of thioether (sulfide) groups is 1. The third-order valence-corrected chi connectivity index (χ3v) is 4.74. The van der Waals surface area contributed by atoms with Crippen molar-refractivity contribution < 1.29 is 14.7 Å². The molecule has 0 aliphatic rings. The molecule has 7 nitrogen and oxygen atoms in total. The molecule has 134 valence electrons. The molecule has 1 atom stereocenters. The van der Waals surface area contributed by atoms with Crippen LogP contribution in [-0.2, 0) is 9.59 Å². The molecule has 0 aliphatic carbocycles. The molecular weight excluding hydrogens is 340 g/mol. The Morgan fingerprint density at radius 1 is 1.32 bits per heavy atom. The van der Waals surface area contributed by atoms with Crippen molar-refractivity contribution in [2.75, 3.05) is 5.75 Å². The van der Waals surface area contributed by atoms with E-state index >= 15 is 0 Å². The Morgan fingerprint density at radius 3 is 2.60 bits per heavy atom. The van der Waals surface area contributed by atoms with Gasteiger partial charge in [0.05, 0.1) is 5.75 Å². The van der Waals surface area contributed by atoms with Crippen LogP contribution in [0.5, 0.6) is 0 Å². The average molecular weight is 362 g/mol. The van der Waals surface area contributed by atoms with Crippen molar-refractivity contribution in [2.45, 2.75) is 44.3 Å². The fourth-order valence-electron chi connectivity index (χ4n) is 2.40. The van der Waals surface area contributed by atoms with E-state index in [1.807, 2.05) is 38.1 Å². The summed E-state index contributed by atoms with van der Waals surface area (Å²) in [6, 6.07) is 7.87. The zero-order valence-electron chi connectivity index (χ0n) is 14.5. The fourth-order valence-corrected chi connectivity index (χ4v) is 3.13. The van der Waals surface area contributed by atoms with Gasteiger partial charge in [-0.3, -0.25) is 9.36 Å². The standard InChI is InChI=1S/C17H22N4O3S/c1-4-9-17(3,15(23)24)19-14(22)10-25-16-20-18-11-21(16)13-7-5-12(2)6-8-13/h5-8,11H,4,9-10H2,1-3H3,(H,19,22)(H,23,24). The van der Waals surface area contributed by atoms with Gasteiger partial charge in [-0.25, -0.2) is 4.79 Å². The maximum atomic E-state index is 12.2. The Morgan fingerprint density at radius 2 is 2.00 bits per heavy atom. The van der Waals surface area contributed by atoms with Gasteiger partial charge in [0, 0.05) is 5.69 Å². The first-order chi connectivity index (χ1) is 11.9. The number of aryl methyl sites for hydroxylation is 1. The zero-order chi connectivity index (χ0) is 18.4. The molecule has 2 rings (SSSR count). The van der Waals surface area contributed by atoms with Crippen molar-refractivity contribution in [3.63, 3.8) is 0 Å². The number of aliphatic carboxylic acids is 1. The lowest BCUT2D eigenvalue weighted by Gasteiger charge is -2.25. The van der Waals surface area contributed by atoms with Crippen LogP contribution in [0.3, 0.4) is 0 Å². The van der Waals surface area contributed by atoms with E-state index in [2.05, 4.69) is 15.5 Å². The normalized spacial score (nSPS) is 13.2. The highest BCUT2D eigenvalue weighted by molar-refractivity contribution is 7.99. The van der Waals surface area contributed by atoms with E-state index in [1.54, 1.807) is 10.9 Å². The number of carbonyl (C=O) groups is 2. The van der Waals surface area contributed by atoms with Crippen molar-refractivity contribution in [2.24, 2.45) is 0 Å². The Kier molecular flexibility index (Phi) is 6.19. The summed E-state index contributed by atoms with van der Waals surface area (Å²) in [4.78, 5) is 23.6. The summed E-state index contributed by atoms with van der Waals surface area (Å²) in [5.41, 5.74) is 0.797. The zero-order valence-corrected chi connectivity index (χ0v) is 15.3. The molecular formula is C17H22N4O3S. The highest BCUT2D eigenvalue weighted by atomic mass is 32.2. The summed E-state index contributed by atoms with van der Waals surface area (Å²) in [5.74, 6) is -1.31. The van der Waals surface area contributed by atoms with E-state index < -0.39 is 11.5 Å². The number of nitrogens with one attached hydrogen (secondary N) is 1. The van der Waals surface area contributed by atoms with E-state index in [0.717, 1.165) is 11.3 Å². The molecule has 8 heteroatoms. The second kappa shape index (κ2) is 8.15. The summed E-state index contributed by atoms with van der Waals surface area (Å²) in [6.07, 6.45) is 2.62. The van der Waals surface area contributed by atoms with E-state index in [9.17, 15) is 14.7 Å². The van der Waals surface area contributed by atoms with Gasteiger partial charge in [-0.1, -0.05) is 42.8 Å². The predicted molar refractivity (Wildman–Crippen MR) is 95.9 cm³/mol. The Hall–Kier alpha value is -2.35. The summed E-state index contributed by atoms with van der Waals surface area (Å²) in [6.45, 7) is 5.41. The van der Waals surface area contributed by atoms with Crippen LogP contribution in [0.4, 0.5) is 0 Å². The van der Waals surface area contributed by atoms with Gasteiger partial charge in [-0.15, -0.1) is 10.2 Å². The number of amides is 1. The van der Waals surface area contributed by atoms with E-state index in [-0.39, 0.29) is 11.7 Å². The first kappa shape index (κ1) is 19.0. The Balaban J connectivity index is 2.02. The minimum atomic E-state index is -1.25. The summed E-state index contributed by atoms with van der Waals surface area (Å²) >= 11 is 1.22. The average Bonchev–Trinajstić information content (AvgIpc) is 3.02. The molecule has 1 unspecified atom stereocenters. The number of carbonyl (C=O) groups excluding carboxylic acids is 1. The lowest BCUT2D eigenvalue weighted by Crippen LogP contribution is -2.52. The molecule has 1 amide bonds. The topological polar surface area (TPSA) is 97.1 Å². The SMILES string of the molecule is CCCC(C)(NC(=O)CSc1nncn1-c1ccc(C)cc1)C(=O)O. The number of benzene rings is 1. The monoisotopic (exact) mass is 362 g/mol. The number of carboxylic acid groups (broad SMARTS) is 1. The molecule has 0 bridgehead atoms. The number of carboxylic acids is 1. The molecule has 1 aromatic carbocycles. The molecule has 1 heterocycles. The minimum absolute atomic E-state index is 0.0666. The fraction of sp³-hybridized carbons (Fsp3) is 0.412. The van der Waals surface area contributed by atoms with Gasteiger partial charge < -0.3 is 10.4 Å². The van der Waals surface area contributed by atoms with Crippen LogP contribution in [0.2, 0.25) is 0 Å². The van der Waals surface area contributed by atoms with Gasteiger partial charge in [-0.05, 0) is 32.4 Å². The van der Waals surface area contributed by atoms with Crippen LogP contribution >= 0.6 is 11.8 Å². The van der Waals surface area contributed by atoms with Crippen LogP contribution in [0, 0.1) is 6.92 Å². The van der Waals surface area contributed by atoms with Gasteiger partial charge in [0.25, 0.3) is 0 Å². The molecule has 0 fully saturated rings. The number of aromatic nitrogens is 3. The summed E-state index contributed by atoms with van der Waals surface area (Å²) in [7, 11) is 0. The van der Waals surface area contributed by atoms with Crippen molar-refractivity contribution in [3.05, 3.63) is 36.2 Å². The third kappa shape index (κ3) is 4.82. The molecule has 0 saturated carbocycles. The van der Waals surface area contributed by atoms with E-state index in [0.29, 0.717) is 18.0 Å². The highest BCUT2D eigenvalue weighted by Gasteiger charge is 2.33. The van der Waals surface area contributed by atoms with Crippen LogP contribution < -0.4 is 5.32 Å². The van der Waals surface area contributed by atoms with Crippen molar-refractivity contribution in [1.29, 1.82) is 0 Å². The molecule has 0 aliphatic heterocycles. The molecule has 0 spiro atoms. The number of hydrogen-bond donors (Lipinski definition) is 2. The molecule has 25 heavy (non-hydrogen) atoms. The Labute approximate surface area is 150 Å². The highest BCUT2D eigenvalue weighted by Crippen LogP contribution is 2.20. The van der Waals surface area contributed by atoms with Crippen molar-refractivity contribution in [1.82, 2.24) is 20.1 Å². The van der Waals surface area contributed by atoms with Crippen LogP contribution in [0.15, 0.2) is 35.7 Å². The molecule has 0 radical (unpaired) electrons. The third-order valence-electron chi connectivity index (χ3n) is 3.80. The summed E-state index contributed by atoms with van der Waals surface area (Å²) in [5, 5.41) is 20.4. The first-order valence-corrected chi connectivity index (χ1v) is 8.98. The second-order valence-corrected chi connectivity index (χ2v) is 6.99. The number of rotatable bonds is 8. The molecule has 2 N–H and O–H groups in total. The largest absolute Gasteiger partial charge is 0.480 e. The van der Waals surface area contributed by atoms with Gasteiger partial charge in [0.15, 0.2) is 5.16 Å². The second-order valence-electron chi connectivity index (χ2n) is 6.04. The maximum Gasteiger partial charge on any atom is 0.329 e. The van der Waals surface area contributed by atoms with Gasteiger partial charge in [0.1, 0.15) is 11.9 Å². The predicted octanol–water partition coefficient (Wildman–Crippen LogP) is 2.43. The maximum absolute atomic E-state index is 12.2.